The first-order valence-corrected chi connectivity index (χ1v) is 8.49. The average Bonchev–Trinajstić information content (AvgIpc) is 3.24. The lowest BCUT2D eigenvalue weighted by Crippen LogP contribution is -2.32. The number of imidazole rings is 1. The third kappa shape index (κ3) is 2.92. The summed E-state index contributed by atoms with van der Waals surface area (Å²) in [5, 5.41) is 2.97. The van der Waals surface area contributed by atoms with Crippen LogP contribution in [0, 0.1) is 5.92 Å². The molecule has 7 nitrogen and oxygen atoms in total. The summed E-state index contributed by atoms with van der Waals surface area (Å²) in [7, 11) is 1.81. The monoisotopic (exact) mass is 349 g/mol. The van der Waals surface area contributed by atoms with E-state index in [0.717, 1.165) is 11.1 Å². The van der Waals surface area contributed by atoms with E-state index in [4.69, 9.17) is 0 Å². The van der Waals surface area contributed by atoms with Crippen LogP contribution in [0.4, 0.5) is 0 Å². The van der Waals surface area contributed by atoms with Crippen LogP contribution in [-0.2, 0) is 4.79 Å². The molecule has 1 aliphatic rings. The Morgan fingerprint density at radius 2 is 2.04 bits per heavy atom. The molecule has 0 unspecified atom stereocenters. The van der Waals surface area contributed by atoms with Crippen LogP contribution in [0.15, 0.2) is 55.4 Å². The Hall–Kier alpha value is -3.22. The van der Waals surface area contributed by atoms with E-state index in [9.17, 15) is 9.59 Å². The maximum absolute atomic E-state index is 12.5. The first-order valence-electron chi connectivity index (χ1n) is 8.49. The van der Waals surface area contributed by atoms with Crippen molar-refractivity contribution in [3.05, 3.63) is 66.5 Å². The van der Waals surface area contributed by atoms with Gasteiger partial charge in [0.2, 0.25) is 5.91 Å². The molecule has 132 valence electrons. The molecule has 26 heavy (non-hydrogen) atoms. The predicted octanol–water partition coefficient (Wildman–Crippen LogP) is 1.68. The molecule has 3 aromatic heterocycles. The fourth-order valence-electron chi connectivity index (χ4n) is 3.57. The summed E-state index contributed by atoms with van der Waals surface area (Å²) in [5.41, 5.74) is 2.53. The van der Waals surface area contributed by atoms with Gasteiger partial charge in [-0.05, 0) is 29.8 Å². The minimum absolute atomic E-state index is 0.0239. The van der Waals surface area contributed by atoms with Crippen molar-refractivity contribution in [2.24, 2.45) is 5.92 Å². The minimum Gasteiger partial charge on any atom is -0.352 e. The number of nitrogens with one attached hydrogen (secondary N) is 1. The van der Waals surface area contributed by atoms with E-state index in [2.05, 4.69) is 15.3 Å². The van der Waals surface area contributed by atoms with E-state index >= 15 is 0 Å². The normalized spacial score (nSPS) is 19.9. The number of carbonyl (C=O) groups is 2. The van der Waals surface area contributed by atoms with Gasteiger partial charge in [0.05, 0.1) is 29.6 Å². The Bertz CT molecular complexity index is 953. The second-order valence-electron chi connectivity index (χ2n) is 6.55. The first kappa shape index (κ1) is 16.3. The van der Waals surface area contributed by atoms with Crippen LogP contribution in [-0.4, -0.2) is 44.7 Å². The van der Waals surface area contributed by atoms with Crippen molar-refractivity contribution in [1.82, 2.24) is 24.6 Å². The Balaban J connectivity index is 1.48. The van der Waals surface area contributed by atoms with Crippen LogP contribution in [0.25, 0.3) is 5.52 Å². The first-order chi connectivity index (χ1) is 12.6. The standard InChI is InChI=1S/C19H19N5O2/c1-23-17(25)8-15(18(23)13-4-6-20-7-5-13)9-22-19(26)14-2-3-16-10-21-12-24(16)11-14/h2-7,10-12,15,18H,8-9H2,1H3,(H,22,26)/t15-,18-/m0/s1. The third-order valence-electron chi connectivity index (χ3n) is 4.94. The van der Waals surface area contributed by atoms with E-state index in [-0.39, 0.29) is 23.8 Å². The zero-order chi connectivity index (χ0) is 18.1. The highest BCUT2D eigenvalue weighted by Crippen LogP contribution is 2.36. The van der Waals surface area contributed by atoms with E-state index in [1.165, 1.54) is 0 Å². The van der Waals surface area contributed by atoms with E-state index in [1.807, 2.05) is 29.6 Å². The number of pyridine rings is 2. The van der Waals surface area contributed by atoms with Crippen molar-refractivity contribution in [2.75, 3.05) is 13.6 Å². The summed E-state index contributed by atoms with van der Waals surface area (Å²) in [6, 6.07) is 7.41. The average molecular weight is 349 g/mol. The third-order valence-corrected chi connectivity index (χ3v) is 4.94. The van der Waals surface area contributed by atoms with Gasteiger partial charge in [0.25, 0.3) is 5.91 Å². The molecule has 1 fully saturated rings. The number of aromatic nitrogens is 3. The lowest BCUT2D eigenvalue weighted by Gasteiger charge is -2.25. The summed E-state index contributed by atoms with van der Waals surface area (Å²) in [4.78, 5) is 34.6. The molecule has 0 radical (unpaired) electrons. The lowest BCUT2D eigenvalue weighted by atomic mass is 9.94. The Morgan fingerprint density at radius 3 is 2.85 bits per heavy atom. The highest BCUT2D eigenvalue weighted by Gasteiger charge is 2.38. The van der Waals surface area contributed by atoms with Gasteiger partial charge in [0.15, 0.2) is 0 Å². The molecule has 2 atom stereocenters. The molecular weight excluding hydrogens is 330 g/mol. The number of amides is 2. The van der Waals surface area contributed by atoms with Crippen molar-refractivity contribution in [3.8, 4) is 0 Å². The number of likely N-dealkylation sites (tertiary alicyclic amines) is 1. The number of rotatable bonds is 4. The zero-order valence-corrected chi connectivity index (χ0v) is 14.4. The molecule has 1 saturated heterocycles. The fraction of sp³-hybridized carbons (Fsp3) is 0.263. The van der Waals surface area contributed by atoms with Gasteiger partial charge in [0, 0.05) is 44.5 Å². The van der Waals surface area contributed by atoms with Crippen LogP contribution >= 0.6 is 0 Å². The van der Waals surface area contributed by atoms with Gasteiger partial charge < -0.3 is 14.6 Å². The van der Waals surface area contributed by atoms with Crippen molar-refractivity contribution in [2.45, 2.75) is 12.5 Å². The van der Waals surface area contributed by atoms with Crippen LogP contribution in [0.3, 0.4) is 0 Å². The number of hydrogen-bond donors (Lipinski definition) is 1. The lowest BCUT2D eigenvalue weighted by molar-refractivity contribution is -0.127. The zero-order valence-electron chi connectivity index (χ0n) is 14.4. The minimum atomic E-state index is -0.156. The van der Waals surface area contributed by atoms with Crippen molar-refractivity contribution >= 4 is 17.3 Å². The number of fused-ring (bicyclic) bond motifs is 1. The highest BCUT2D eigenvalue weighted by atomic mass is 16.2. The smallest absolute Gasteiger partial charge is 0.252 e. The molecule has 0 aromatic carbocycles. The van der Waals surface area contributed by atoms with Crippen LogP contribution in [0.2, 0.25) is 0 Å². The van der Waals surface area contributed by atoms with Gasteiger partial charge in [-0.15, -0.1) is 0 Å². The van der Waals surface area contributed by atoms with E-state index in [0.29, 0.717) is 18.5 Å². The van der Waals surface area contributed by atoms with Crippen LogP contribution in [0.1, 0.15) is 28.4 Å². The molecule has 0 spiro atoms. The Kier molecular flexibility index (Phi) is 4.12. The van der Waals surface area contributed by atoms with E-state index in [1.54, 1.807) is 42.1 Å². The number of carbonyl (C=O) groups excluding carboxylic acids is 2. The summed E-state index contributed by atoms with van der Waals surface area (Å²) in [6.07, 6.45) is 9.02. The molecule has 1 aliphatic heterocycles. The predicted molar refractivity (Wildman–Crippen MR) is 95.4 cm³/mol. The van der Waals surface area contributed by atoms with Gasteiger partial charge in [-0.3, -0.25) is 14.6 Å². The topological polar surface area (TPSA) is 79.6 Å². The molecule has 4 rings (SSSR count). The second kappa shape index (κ2) is 6.59. The van der Waals surface area contributed by atoms with Gasteiger partial charge in [0.1, 0.15) is 0 Å². The summed E-state index contributed by atoms with van der Waals surface area (Å²) in [6.45, 7) is 0.434. The Morgan fingerprint density at radius 1 is 1.23 bits per heavy atom. The molecule has 0 bridgehead atoms. The maximum Gasteiger partial charge on any atom is 0.252 e. The fourth-order valence-corrected chi connectivity index (χ4v) is 3.57. The summed E-state index contributed by atoms with van der Waals surface area (Å²) < 4.78 is 1.81. The van der Waals surface area contributed by atoms with Gasteiger partial charge in [-0.25, -0.2) is 4.98 Å². The molecule has 7 heteroatoms. The molecule has 0 saturated carbocycles. The van der Waals surface area contributed by atoms with Gasteiger partial charge in [-0.2, -0.15) is 0 Å². The largest absolute Gasteiger partial charge is 0.352 e. The quantitative estimate of drug-likeness (QED) is 0.777. The number of nitrogens with zero attached hydrogens (tertiary/aromatic N) is 4. The van der Waals surface area contributed by atoms with E-state index < -0.39 is 0 Å². The Labute approximate surface area is 150 Å². The molecule has 1 N–H and O–H groups in total. The number of hydrogen-bond acceptors (Lipinski definition) is 4. The maximum atomic E-state index is 12.5. The molecular formula is C19H19N5O2. The van der Waals surface area contributed by atoms with Gasteiger partial charge >= 0.3 is 0 Å². The summed E-state index contributed by atoms with van der Waals surface area (Å²) >= 11 is 0. The second-order valence-corrected chi connectivity index (χ2v) is 6.55. The van der Waals surface area contributed by atoms with Crippen molar-refractivity contribution in [3.63, 3.8) is 0 Å². The van der Waals surface area contributed by atoms with Gasteiger partial charge in [-0.1, -0.05) is 0 Å². The van der Waals surface area contributed by atoms with Crippen molar-refractivity contribution in [1.29, 1.82) is 0 Å². The van der Waals surface area contributed by atoms with Crippen LogP contribution in [0.5, 0.6) is 0 Å². The van der Waals surface area contributed by atoms with Crippen molar-refractivity contribution < 1.29 is 9.59 Å². The highest BCUT2D eigenvalue weighted by molar-refractivity contribution is 5.94. The molecule has 0 aliphatic carbocycles. The molecule has 2 amide bonds. The van der Waals surface area contributed by atoms with Crippen LogP contribution < -0.4 is 5.32 Å². The summed E-state index contributed by atoms with van der Waals surface area (Å²) in [5.74, 6) is -0.0437. The SMILES string of the molecule is CN1C(=O)C[C@@H](CNC(=O)c2ccc3cncn3c2)[C@@H]1c1ccncc1. The molecule has 4 heterocycles. The molecule has 3 aromatic rings.